The molecule has 1 heterocycles. The highest BCUT2D eigenvalue weighted by molar-refractivity contribution is 8.00. The van der Waals surface area contributed by atoms with Gasteiger partial charge in [-0.15, -0.1) is 11.8 Å². The fourth-order valence-corrected chi connectivity index (χ4v) is 4.52. The van der Waals surface area contributed by atoms with Gasteiger partial charge in [-0.1, -0.05) is 29.8 Å². The third-order valence-electron chi connectivity index (χ3n) is 4.07. The Kier molecular flexibility index (Phi) is 3.93. The van der Waals surface area contributed by atoms with Crippen LogP contribution in [0.1, 0.15) is 24.0 Å². The molecule has 0 bridgehead atoms. The molecule has 4 nitrogen and oxygen atoms in total. The molecule has 2 unspecified atom stereocenters. The van der Waals surface area contributed by atoms with Crippen molar-refractivity contribution < 1.29 is 14.7 Å². The number of rotatable bonds is 4. The minimum atomic E-state index is -0.886. The second-order valence-corrected chi connectivity index (χ2v) is 7.03. The summed E-state index contributed by atoms with van der Waals surface area (Å²) in [5.74, 6) is 0.0507. The number of benzene rings is 1. The highest BCUT2D eigenvalue weighted by Gasteiger charge is 2.47. The molecule has 2 atom stereocenters. The normalized spacial score (nSPS) is 25.1. The summed E-state index contributed by atoms with van der Waals surface area (Å²) in [6, 6.07) is 7.17. The first-order chi connectivity index (χ1) is 10.1. The molecule has 0 spiro atoms. The first kappa shape index (κ1) is 14.4. The van der Waals surface area contributed by atoms with Gasteiger partial charge in [0.25, 0.3) is 0 Å². The number of carboxylic acids is 1. The number of carbonyl (C=O) groups is 2. The zero-order valence-electron chi connectivity index (χ0n) is 12.0. The molecular weight excluding hydrogens is 286 g/mol. The second kappa shape index (κ2) is 5.72. The van der Waals surface area contributed by atoms with Crippen LogP contribution in [0.15, 0.2) is 24.3 Å². The maximum Gasteiger partial charge on any atom is 0.327 e. The van der Waals surface area contributed by atoms with Crippen LogP contribution in [0, 0.1) is 12.8 Å². The number of carboxylic acid groups (broad SMARTS) is 1. The fraction of sp³-hybridized carbons (Fsp3) is 0.500. The minimum absolute atomic E-state index is 0.0587. The highest BCUT2D eigenvalue weighted by atomic mass is 32.2. The van der Waals surface area contributed by atoms with Crippen molar-refractivity contribution in [3.8, 4) is 0 Å². The van der Waals surface area contributed by atoms with Gasteiger partial charge >= 0.3 is 5.97 Å². The van der Waals surface area contributed by atoms with Crippen LogP contribution >= 0.6 is 11.8 Å². The summed E-state index contributed by atoms with van der Waals surface area (Å²) in [6.45, 7) is 1.99. The number of amides is 1. The molecule has 1 aliphatic carbocycles. The molecule has 1 amide bonds. The number of hydrogen-bond donors (Lipinski definition) is 1. The molecule has 2 fully saturated rings. The standard InChI is InChI=1S/C16H19NO3S/c1-10-3-2-4-11(7-10)8-14(18)17-13(16(19)20)9-21-15(17)12-5-6-12/h2-4,7,12-13,15H,5-6,8-9H2,1H3,(H,19,20). The molecule has 3 rings (SSSR count). The first-order valence-electron chi connectivity index (χ1n) is 7.27. The van der Waals surface area contributed by atoms with Crippen LogP contribution in [0.3, 0.4) is 0 Å². The number of carbonyl (C=O) groups excluding carboxylic acids is 1. The van der Waals surface area contributed by atoms with Gasteiger partial charge in [0.1, 0.15) is 6.04 Å². The predicted molar refractivity (Wildman–Crippen MR) is 82.1 cm³/mol. The van der Waals surface area contributed by atoms with Crippen LogP contribution in [0.25, 0.3) is 0 Å². The van der Waals surface area contributed by atoms with Crippen molar-refractivity contribution in [2.75, 3.05) is 5.75 Å². The van der Waals surface area contributed by atoms with Gasteiger partial charge in [-0.05, 0) is 31.2 Å². The topological polar surface area (TPSA) is 57.6 Å². The van der Waals surface area contributed by atoms with E-state index >= 15 is 0 Å². The molecule has 1 saturated carbocycles. The van der Waals surface area contributed by atoms with Gasteiger partial charge in [-0.25, -0.2) is 4.79 Å². The van der Waals surface area contributed by atoms with E-state index in [2.05, 4.69) is 0 Å². The van der Waals surface area contributed by atoms with Crippen LogP contribution in [-0.2, 0) is 16.0 Å². The molecular formula is C16H19NO3S. The van der Waals surface area contributed by atoms with E-state index in [1.807, 2.05) is 31.2 Å². The van der Waals surface area contributed by atoms with Crippen molar-refractivity contribution in [3.05, 3.63) is 35.4 Å². The lowest BCUT2D eigenvalue weighted by atomic mass is 10.1. The number of hydrogen-bond acceptors (Lipinski definition) is 3. The van der Waals surface area contributed by atoms with Crippen LogP contribution in [0.2, 0.25) is 0 Å². The SMILES string of the molecule is Cc1cccc(CC(=O)N2C(C(=O)O)CSC2C2CC2)c1. The predicted octanol–water partition coefficient (Wildman–Crippen LogP) is 2.30. The summed E-state index contributed by atoms with van der Waals surface area (Å²) in [5, 5.41) is 9.41. The number of aliphatic carboxylic acids is 1. The largest absolute Gasteiger partial charge is 0.480 e. The third kappa shape index (κ3) is 3.07. The van der Waals surface area contributed by atoms with E-state index in [9.17, 15) is 14.7 Å². The summed E-state index contributed by atoms with van der Waals surface area (Å²) < 4.78 is 0. The Labute approximate surface area is 128 Å². The Morgan fingerprint density at radius 2 is 2.14 bits per heavy atom. The zero-order valence-corrected chi connectivity index (χ0v) is 12.8. The molecule has 1 saturated heterocycles. The van der Waals surface area contributed by atoms with Gasteiger partial charge in [-0.3, -0.25) is 4.79 Å². The smallest absolute Gasteiger partial charge is 0.327 e. The maximum absolute atomic E-state index is 12.6. The van der Waals surface area contributed by atoms with E-state index in [-0.39, 0.29) is 17.7 Å². The Bertz CT molecular complexity index is 570. The Hall–Kier alpha value is -1.49. The van der Waals surface area contributed by atoms with Gasteiger partial charge in [-0.2, -0.15) is 0 Å². The van der Waals surface area contributed by atoms with Crippen LogP contribution < -0.4 is 0 Å². The lowest BCUT2D eigenvalue weighted by molar-refractivity contribution is -0.149. The Morgan fingerprint density at radius 1 is 1.38 bits per heavy atom. The van der Waals surface area contributed by atoms with Gasteiger partial charge in [0.05, 0.1) is 11.8 Å². The van der Waals surface area contributed by atoms with Gasteiger partial charge < -0.3 is 10.0 Å². The molecule has 5 heteroatoms. The average Bonchev–Trinajstić information content (AvgIpc) is 3.16. The quantitative estimate of drug-likeness (QED) is 0.927. The minimum Gasteiger partial charge on any atom is -0.480 e. The van der Waals surface area contributed by atoms with E-state index < -0.39 is 12.0 Å². The van der Waals surface area contributed by atoms with Crippen molar-refractivity contribution in [3.63, 3.8) is 0 Å². The molecule has 112 valence electrons. The summed E-state index contributed by atoms with van der Waals surface area (Å²) >= 11 is 1.62. The first-order valence-corrected chi connectivity index (χ1v) is 8.32. The zero-order chi connectivity index (χ0) is 15.0. The summed E-state index contributed by atoms with van der Waals surface area (Å²) in [7, 11) is 0. The highest BCUT2D eigenvalue weighted by Crippen LogP contribution is 2.45. The third-order valence-corrected chi connectivity index (χ3v) is 5.53. The number of aryl methyl sites for hydroxylation is 1. The molecule has 2 aliphatic rings. The molecule has 21 heavy (non-hydrogen) atoms. The van der Waals surface area contributed by atoms with E-state index in [1.165, 1.54) is 0 Å². The van der Waals surface area contributed by atoms with E-state index in [0.717, 1.165) is 24.0 Å². The van der Waals surface area contributed by atoms with E-state index in [4.69, 9.17) is 0 Å². The lowest BCUT2D eigenvalue weighted by Gasteiger charge is -2.27. The van der Waals surface area contributed by atoms with Gasteiger partial charge in [0, 0.05) is 5.75 Å². The van der Waals surface area contributed by atoms with Crippen molar-refractivity contribution in [2.45, 2.75) is 37.6 Å². The molecule has 1 aromatic carbocycles. The van der Waals surface area contributed by atoms with Crippen molar-refractivity contribution >= 4 is 23.6 Å². The number of nitrogens with zero attached hydrogens (tertiary/aromatic N) is 1. The molecule has 1 aliphatic heterocycles. The lowest BCUT2D eigenvalue weighted by Crippen LogP contribution is -2.47. The Balaban J connectivity index is 1.77. The van der Waals surface area contributed by atoms with E-state index in [1.54, 1.807) is 16.7 Å². The van der Waals surface area contributed by atoms with Crippen LogP contribution in [0.5, 0.6) is 0 Å². The maximum atomic E-state index is 12.6. The molecule has 0 radical (unpaired) electrons. The second-order valence-electron chi connectivity index (χ2n) is 5.88. The van der Waals surface area contributed by atoms with E-state index in [0.29, 0.717) is 11.7 Å². The van der Waals surface area contributed by atoms with Crippen molar-refractivity contribution in [1.82, 2.24) is 4.90 Å². The van der Waals surface area contributed by atoms with Gasteiger partial charge in [0.15, 0.2) is 0 Å². The van der Waals surface area contributed by atoms with Gasteiger partial charge in [0.2, 0.25) is 5.91 Å². The molecule has 0 aromatic heterocycles. The fourth-order valence-electron chi connectivity index (χ4n) is 2.87. The summed E-state index contributed by atoms with van der Waals surface area (Å²) in [4.78, 5) is 25.7. The Morgan fingerprint density at radius 3 is 2.76 bits per heavy atom. The number of thioether (sulfide) groups is 1. The van der Waals surface area contributed by atoms with Crippen LogP contribution in [0.4, 0.5) is 0 Å². The van der Waals surface area contributed by atoms with Crippen molar-refractivity contribution in [2.24, 2.45) is 5.92 Å². The summed E-state index contributed by atoms with van der Waals surface area (Å²) in [6.07, 6.45) is 2.51. The summed E-state index contributed by atoms with van der Waals surface area (Å²) in [5.41, 5.74) is 2.07. The molecule has 1 aromatic rings. The van der Waals surface area contributed by atoms with Crippen molar-refractivity contribution in [1.29, 1.82) is 0 Å². The monoisotopic (exact) mass is 305 g/mol. The van der Waals surface area contributed by atoms with Crippen LogP contribution in [-0.4, -0.2) is 39.1 Å². The molecule has 1 N–H and O–H groups in total. The average molecular weight is 305 g/mol.